The molecular formula is C17H14BrClN2O. The molecule has 22 heavy (non-hydrogen) atoms. The molecule has 0 aliphatic carbocycles. The zero-order chi connectivity index (χ0) is 15.7. The summed E-state index contributed by atoms with van der Waals surface area (Å²) >= 11 is 9.49. The van der Waals surface area contributed by atoms with Gasteiger partial charge in [-0.1, -0.05) is 45.7 Å². The Morgan fingerprint density at radius 1 is 1.23 bits per heavy atom. The molecule has 0 bridgehead atoms. The molecule has 1 amide bonds. The van der Waals surface area contributed by atoms with Gasteiger partial charge in [0.15, 0.2) is 0 Å². The van der Waals surface area contributed by atoms with E-state index in [1.54, 1.807) is 18.0 Å². The van der Waals surface area contributed by atoms with Gasteiger partial charge in [0.1, 0.15) is 5.69 Å². The molecule has 3 rings (SSSR count). The van der Waals surface area contributed by atoms with Gasteiger partial charge in [0.2, 0.25) is 0 Å². The van der Waals surface area contributed by atoms with Gasteiger partial charge in [-0.2, -0.15) is 0 Å². The zero-order valence-electron chi connectivity index (χ0n) is 11.9. The Labute approximate surface area is 142 Å². The van der Waals surface area contributed by atoms with Crippen LogP contribution in [0, 0.1) is 0 Å². The van der Waals surface area contributed by atoms with Crippen molar-refractivity contribution in [1.29, 1.82) is 0 Å². The SMILES string of the molecule is CN(Cc1ccccc1Br)C(=O)c1cc2cc(Cl)ccc2[nH]1. The second kappa shape index (κ2) is 6.15. The van der Waals surface area contributed by atoms with Gasteiger partial charge in [-0.05, 0) is 35.9 Å². The Kier molecular flexibility index (Phi) is 4.23. The molecule has 112 valence electrons. The van der Waals surface area contributed by atoms with Crippen LogP contribution >= 0.6 is 27.5 Å². The van der Waals surface area contributed by atoms with E-state index in [0.29, 0.717) is 17.3 Å². The summed E-state index contributed by atoms with van der Waals surface area (Å²) in [7, 11) is 1.79. The Balaban J connectivity index is 1.84. The quantitative estimate of drug-likeness (QED) is 0.695. The second-order valence-corrected chi connectivity index (χ2v) is 6.46. The Hall–Kier alpha value is -1.78. The van der Waals surface area contributed by atoms with Crippen LogP contribution in [0.25, 0.3) is 10.9 Å². The first-order chi connectivity index (χ1) is 10.5. The van der Waals surface area contributed by atoms with Crippen LogP contribution in [0.5, 0.6) is 0 Å². The Bertz CT molecular complexity index is 844. The summed E-state index contributed by atoms with van der Waals surface area (Å²) in [6.45, 7) is 0.538. The molecule has 1 aromatic heterocycles. The molecule has 3 nitrogen and oxygen atoms in total. The fourth-order valence-corrected chi connectivity index (χ4v) is 2.97. The van der Waals surface area contributed by atoms with Crippen molar-refractivity contribution in [3.05, 3.63) is 69.3 Å². The van der Waals surface area contributed by atoms with E-state index in [1.165, 1.54) is 0 Å². The summed E-state index contributed by atoms with van der Waals surface area (Å²) < 4.78 is 0.998. The van der Waals surface area contributed by atoms with Crippen LogP contribution in [-0.2, 0) is 6.54 Å². The number of hydrogen-bond acceptors (Lipinski definition) is 1. The van der Waals surface area contributed by atoms with E-state index in [4.69, 9.17) is 11.6 Å². The van der Waals surface area contributed by atoms with Crippen LogP contribution in [0.15, 0.2) is 53.0 Å². The van der Waals surface area contributed by atoms with Crippen LogP contribution in [0.2, 0.25) is 5.02 Å². The molecule has 0 fully saturated rings. The summed E-state index contributed by atoms with van der Waals surface area (Å²) in [5.74, 6) is -0.0527. The summed E-state index contributed by atoms with van der Waals surface area (Å²) in [5, 5.41) is 1.59. The van der Waals surface area contributed by atoms with E-state index in [9.17, 15) is 4.79 Å². The number of hydrogen-bond donors (Lipinski definition) is 1. The lowest BCUT2D eigenvalue weighted by molar-refractivity contribution is 0.0780. The van der Waals surface area contributed by atoms with Crippen molar-refractivity contribution in [2.24, 2.45) is 0 Å². The molecule has 1 N–H and O–H groups in total. The predicted octanol–water partition coefficient (Wildman–Crippen LogP) is 4.86. The molecule has 0 unspecified atom stereocenters. The lowest BCUT2D eigenvalue weighted by Crippen LogP contribution is -2.26. The number of benzene rings is 2. The minimum atomic E-state index is -0.0527. The number of H-pyrrole nitrogens is 1. The van der Waals surface area contributed by atoms with Gasteiger partial charge >= 0.3 is 0 Å². The molecule has 0 radical (unpaired) electrons. The number of halogens is 2. The maximum atomic E-state index is 12.6. The second-order valence-electron chi connectivity index (χ2n) is 5.17. The van der Waals surface area contributed by atoms with Crippen molar-refractivity contribution in [2.45, 2.75) is 6.54 Å². The lowest BCUT2D eigenvalue weighted by atomic mass is 10.2. The van der Waals surface area contributed by atoms with Gasteiger partial charge in [0.25, 0.3) is 5.91 Å². The highest BCUT2D eigenvalue weighted by molar-refractivity contribution is 9.10. The van der Waals surface area contributed by atoms with Crippen LogP contribution in [0.3, 0.4) is 0 Å². The lowest BCUT2D eigenvalue weighted by Gasteiger charge is -2.17. The van der Waals surface area contributed by atoms with Crippen molar-refractivity contribution >= 4 is 44.3 Å². The van der Waals surface area contributed by atoms with Gasteiger partial charge in [0.05, 0.1) is 0 Å². The number of fused-ring (bicyclic) bond motifs is 1. The van der Waals surface area contributed by atoms with Crippen molar-refractivity contribution in [3.8, 4) is 0 Å². The number of nitrogens with one attached hydrogen (secondary N) is 1. The third-order valence-corrected chi connectivity index (χ3v) is 4.53. The van der Waals surface area contributed by atoms with Gasteiger partial charge in [0, 0.05) is 34.0 Å². The molecular weight excluding hydrogens is 364 g/mol. The molecule has 0 aliphatic rings. The first-order valence-electron chi connectivity index (χ1n) is 6.82. The highest BCUT2D eigenvalue weighted by atomic mass is 79.9. The summed E-state index contributed by atoms with van der Waals surface area (Å²) in [6, 6.07) is 15.2. The maximum Gasteiger partial charge on any atom is 0.270 e. The van der Waals surface area contributed by atoms with Crippen LogP contribution in [0.1, 0.15) is 16.1 Å². The number of carbonyl (C=O) groups is 1. The molecule has 0 aliphatic heterocycles. The average Bonchev–Trinajstić information content (AvgIpc) is 2.91. The van der Waals surface area contributed by atoms with E-state index < -0.39 is 0 Å². The van der Waals surface area contributed by atoms with E-state index in [0.717, 1.165) is 20.9 Å². The third kappa shape index (κ3) is 3.03. The number of aromatic nitrogens is 1. The fraction of sp³-hybridized carbons (Fsp3) is 0.118. The van der Waals surface area contributed by atoms with E-state index in [2.05, 4.69) is 20.9 Å². The molecule has 0 spiro atoms. The van der Waals surface area contributed by atoms with Gasteiger partial charge < -0.3 is 9.88 Å². The summed E-state index contributed by atoms with van der Waals surface area (Å²) in [6.07, 6.45) is 0. The van der Waals surface area contributed by atoms with E-state index in [1.807, 2.05) is 42.5 Å². The first kappa shape index (κ1) is 15.1. The number of amides is 1. The minimum absolute atomic E-state index is 0.0527. The molecule has 0 saturated heterocycles. The highest BCUT2D eigenvalue weighted by Crippen LogP contribution is 2.22. The van der Waals surface area contributed by atoms with Crippen LogP contribution in [-0.4, -0.2) is 22.8 Å². The van der Waals surface area contributed by atoms with Crippen LogP contribution < -0.4 is 0 Å². The number of rotatable bonds is 3. The molecule has 2 aromatic carbocycles. The van der Waals surface area contributed by atoms with Gasteiger partial charge in [-0.3, -0.25) is 4.79 Å². The zero-order valence-corrected chi connectivity index (χ0v) is 14.3. The molecule has 5 heteroatoms. The minimum Gasteiger partial charge on any atom is -0.351 e. The first-order valence-corrected chi connectivity index (χ1v) is 7.99. The van der Waals surface area contributed by atoms with Crippen molar-refractivity contribution < 1.29 is 4.79 Å². The van der Waals surface area contributed by atoms with Gasteiger partial charge in [-0.15, -0.1) is 0 Å². The summed E-state index contributed by atoms with van der Waals surface area (Å²) in [5.41, 5.74) is 2.53. The summed E-state index contributed by atoms with van der Waals surface area (Å²) in [4.78, 5) is 17.4. The van der Waals surface area contributed by atoms with Crippen LogP contribution in [0.4, 0.5) is 0 Å². The number of nitrogens with zero attached hydrogens (tertiary/aromatic N) is 1. The topological polar surface area (TPSA) is 36.1 Å². The number of aromatic amines is 1. The fourth-order valence-electron chi connectivity index (χ4n) is 2.38. The highest BCUT2D eigenvalue weighted by Gasteiger charge is 2.15. The van der Waals surface area contributed by atoms with E-state index in [-0.39, 0.29) is 5.91 Å². The molecule has 0 saturated carbocycles. The number of carbonyl (C=O) groups excluding carboxylic acids is 1. The van der Waals surface area contributed by atoms with Crippen molar-refractivity contribution in [1.82, 2.24) is 9.88 Å². The smallest absolute Gasteiger partial charge is 0.270 e. The van der Waals surface area contributed by atoms with E-state index >= 15 is 0 Å². The monoisotopic (exact) mass is 376 g/mol. The Morgan fingerprint density at radius 3 is 2.77 bits per heavy atom. The Morgan fingerprint density at radius 2 is 2.00 bits per heavy atom. The molecule has 1 heterocycles. The van der Waals surface area contributed by atoms with Crippen molar-refractivity contribution in [2.75, 3.05) is 7.05 Å². The predicted molar refractivity (Wildman–Crippen MR) is 93.2 cm³/mol. The molecule has 3 aromatic rings. The van der Waals surface area contributed by atoms with Gasteiger partial charge in [-0.25, -0.2) is 0 Å². The normalized spacial score (nSPS) is 10.9. The standard InChI is InChI=1S/C17H14BrClN2O/c1-21(10-11-4-2-3-5-14(11)18)17(22)16-9-12-8-13(19)6-7-15(12)20-16/h2-9,20H,10H2,1H3. The maximum absolute atomic E-state index is 12.6. The molecule has 0 atom stereocenters. The van der Waals surface area contributed by atoms with Crippen molar-refractivity contribution in [3.63, 3.8) is 0 Å². The largest absolute Gasteiger partial charge is 0.351 e. The third-order valence-electron chi connectivity index (χ3n) is 3.53. The average molecular weight is 378 g/mol.